The van der Waals surface area contributed by atoms with Crippen molar-refractivity contribution < 1.29 is 9.59 Å². The van der Waals surface area contributed by atoms with Crippen LogP contribution in [0.4, 0.5) is 10.8 Å². The Balaban J connectivity index is 1.26. The molecule has 5 rings (SSSR count). The Bertz CT molecular complexity index is 1450. The number of hydrogen-bond donors (Lipinski definition) is 2. The van der Waals surface area contributed by atoms with Gasteiger partial charge in [0.1, 0.15) is 0 Å². The number of fused-ring (bicyclic) bond motifs is 3. The smallest absolute Gasteiger partial charge is 0.231 e. The zero-order valence-corrected chi connectivity index (χ0v) is 19.6. The Labute approximate surface area is 198 Å². The third kappa shape index (κ3) is 4.53. The van der Waals surface area contributed by atoms with E-state index >= 15 is 0 Å². The number of nitrogens with one attached hydrogen (secondary N) is 2. The highest BCUT2D eigenvalue weighted by Gasteiger charge is 2.13. The lowest BCUT2D eigenvalue weighted by Gasteiger charge is -2.06. The molecule has 0 spiro atoms. The molecular formula is C25H22N4O2S2. The predicted octanol–water partition coefficient (Wildman–Crippen LogP) is 5.69. The molecule has 5 aromatic rings. The van der Waals surface area contributed by atoms with Gasteiger partial charge in [-0.1, -0.05) is 24.3 Å². The molecule has 0 aliphatic heterocycles. The molecule has 3 aromatic heterocycles. The van der Waals surface area contributed by atoms with Gasteiger partial charge in [-0.2, -0.15) is 0 Å². The first kappa shape index (κ1) is 21.4. The molecule has 0 bridgehead atoms. The first-order valence-corrected chi connectivity index (χ1v) is 12.4. The Morgan fingerprint density at radius 1 is 0.909 bits per heavy atom. The average Bonchev–Trinajstić information content (AvgIpc) is 3.53. The number of benzene rings is 2. The first-order chi connectivity index (χ1) is 16.1. The van der Waals surface area contributed by atoms with Gasteiger partial charge in [-0.25, -0.2) is 4.98 Å². The largest absolute Gasteiger partial charge is 0.341 e. The summed E-state index contributed by atoms with van der Waals surface area (Å²) in [5, 5.41) is 12.3. The minimum absolute atomic E-state index is 0.109. The molecule has 0 aliphatic carbocycles. The molecule has 0 radical (unpaired) electrons. The van der Waals surface area contributed by atoms with E-state index in [1.54, 1.807) is 16.7 Å². The van der Waals surface area contributed by atoms with E-state index in [4.69, 9.17) is 0 Å². The number of hydrogen-bond acceptors (Lipinski definition) is 5. The van der Waals surface area contributed by atoms with Gasteiger partial charge >= 0.3 is 0 Å². The normalized spacial score (nSPS) is 11.2. The van der Waals surface area contributed by atoms with Gasteiger partial charge in [0.05, 0.1) is 18.5 Å². The molecule has 2 N–H and O–H groups in total. The third-order valence-corrected chi connectivity index (χ3v) is 7.11. The summed E-state index contributed by atoms with van der Waals surface area (Å²) < 4.78 is 2.28. The van der Waals surface area contributed by atoms with Gasteiger partial charge in [-0.05, 0) is 42.6 Å². The lowest BCUT2D eigenvalue weighted by atomic mass is 10.1. The molecule has 6 nitrogen and oxygen atoms in total. The van der Waals surface area contributed by atoms with E-state index in [1.165, 1.54) is 22.2 Å². The Kier molecular flexibility index (Phi) is 5.93. The van der Waals surface area contributed by atoms with Crippen molar-refractivity contribution >= 4 is 67.1 Å². The highest BCUT2D eigenvalue weighted by Crippen LogP contribution is 2.31. The van der Waals surface area contributed by atoms with Crippen molar-refractivity contribution in [2.75, 3.05) is 10.6 Å². The van der Waals surface area contributed by atoms with Gasteiger partial charge in [0.25, 0.3) is 0 Å². The summed E-state index contributed by atoms with van der Waals surface area (Å²) in [6.45, 7) is 3.01. The number of carbonyl (C=O) groups excluding carboxylic acids is 2. The zero-order valence-electron chi connectivity index (χ0n) is 18.0. The molecule has 0 unspecified atom stereocenters. The number of nitrogens with zero attached hydrogens (tertiary/aromatic N) is 2. The van der Waals surface area contributed by atoms with Crippen LogP contribution in [0.25, 0.3) is 21.8 Å². The number of thiazole rings is 1. The summed E-state index contributed by atoms with van der Waals surface area (Å²) in [4.78, 5) is 30.2. The monoisotopic (exact) mass is 474 g/mol. The minimum atomic E-state index is -0.143. The molecule has 0 fully saturated rings. The molecule has 2 aromatic carbocycles. The van der Waals surface area contributed by atoms with Crippen molar-refractivity contribution in [2.45, 2.75) is 26.3 Å². The molecule has 0 aliphatic rings. The Hall–Kier alpha value is -3.49. The fraction of sp³-hybridized carbons (Fsp3) is 0.160. The SMILES string of the molecule is CCn1c2ccccc2c2cc(NC(=O)Cc3csc(NC(=O)Cc4cccs4)n3)ccc21. The molecule has 8 heteroatoms. The van der Waals surface area contributed by atoms with Crippen LogP contribution < -0.4 is 10.6 Å². The number of amides is 2. The first-order valence-electron chi connectivity index (χ1n) is 10.7. The van der Waals surface area contributed by atoms with Crippen molar-refractivity contribution in [2.24, 2.45) is 0 Å². The van der Waals surface area contributed by atoms with Crippen LogP contribution in [0.5, 0.6) is 0 Å². The number of aryl methyl sites for hydroxylation is 1. The van der Waals surface area contributed by atoms with Gasteiger partial charge in [-0.15, -0.1) is 22.7 Å². The fourth-order valence-electron chi connectivity index (χ4n) is 4.02. The van der Waals surface area contributed by atoms with E-state index in [9.17, 15) is 9.59 Å². The van der Waals surface area contributed by atoms with Crippen LogP contribution in [0, 0.1) is 0 Å². The number of anilines is 2. The van der Waals surface area contributed by atoms with Crippen LogP contribution in [0.15, 0.2) is 65.4 Å². The molecule has 0 atom stereocenters. The van der Waals surface area contributed by atoms with E-state index in [2.05, 4.69) is 45.3 Å². The highest BCUT2D eigenvalue weighted by atomic mass is 32.1. The van der Waals surface area contributed by atoms with Crippen molar-refractivity contribution in [1.29, 1.82) is 0 Å². The lowest BCUT2D eigenvalue weighted by molar-refractivity contribution is -0.116. The number of rotatable bonds is 7. The van der Waals surface area contributed by atoms with Crippen LogP contribution in [0.1, 0.15) is 17.5 Å². The predicted molar refractivity (Wildman–Crippen MR) is 136 cm³/mol. The molecule has 33 heavy (non-hydrogen) atoms. The van der Waals surface area contributed by atoms with E-state index in [-0.39, 0.29) is 18.2 Å². The molecular weight excluding hydrogens is 452 g/mol. The summed E-state index contributed by atoms with van der Waals surface area (Å²) in [5.74, 6) is -0.252. The summed E-state index contributed by atoms with van der Waals surface area (Å²) in [5.41, 5.74) is 3.73. The maximum Gasteiger partial charge on any atom is 0.231 e. The van der Waals surface area contributed by atoms with E-state index in [0.717, 1.165) is 28.0 Å². The van der Waals surface area contributed by atoms with Gasteiger partial charge in [0.2, 0.25) is 11.8 Å². The van der Waals surface area contributed by atoms with Crippen molar-refractivity contribution in [1.82, 2.24) is 9.55 Å². The molecule has 166 valence electrons. The minimum Gasteiger partial charge on any atom is -0.341 e. The summed E-state index contributed by atoms with van der Waals surface area (Å²) >= 11 is 2.87. The summed E-state index contributed by atoms with van der Waals surface area (Å²) in [6.07, 6.45) is 0.468. The molecule has 2 amide bonds. The third-order valence-electron chi connectivity index (χ3n) is 5.43. The average molecular weight is 475 g/mol. The standard InChI is InChI=1S/C25H22N4O2S2/c1-2-29-21-8-4-3-7-19(21)20-12-16(9-10-22(20)29)26-23(30)13-17-15-33-25(27-17)28-24(31)14-18-6-5-11-32-18/h3-12,15H,2,13-14H2,1H3,(H,26,30)(H,27,28,31). The Morgan fingerprint density at radius 2 is 1.73 bits per heavy atom. The summed E-state index contributed by atoms with van der Waals surface area (Å²) in [6, 6.07) is 18.2. The van der Waals surface area contributed by atoms with Crippen LogP contribution in [-0.4, -0.2) is 21.4 Å². The van der Waals surface area contributed by atoms with Crippen LogP contribution >= 0.6 is 22.7 Å². The second kappa shape index (κ2) is 9.17. The van der Waals surface area contributed by atoms with E-state index in [0.29, 0.717) is 17.2 Å². The highest BCUT2D eigenvalue weighted by molar-refractivity contribution is 7.14. The Morgan fingerprint density at radius 3 is 2.55 bits per heavy atom. The molecule has 0 saturated heterocycles. The van der Waals surface area contributed by atoms with Crippen molar-refractivity contribution in [3.8, 4) is 0 Å². The topological polar surface area (TPSA) is 76.0 Å². The van der Waals surface area contributed by atoms with E-state index < -0.39 is 0 Å². The van der Waals surface area contributed by atoms with Crippen molar-refractivity contribution in [3.05, 3.63) is 75.9 Å². The molecule has 3 heterocycles. The van der Waals surface area contributed by atoms with Gasteiger partial charge in [0.15, 0.2) is 5.13 Å². The van der Waals surface area contributed by atoms with Crippen molar-refractivity contribution in [3.63, 3.8) is 0 Å². The maximum absolute atomic E-state index is 12.6. The van der Waals surface area contributed by atoms with Gasteiger partial charge < -0.3 is 15.2 Å². The number of para-hydroxylation sites is 1. The number of carbonyl (C=O) groups is 2. The van der Waals surface area contributed by atoms with Gasteiger partial charge in [-0.3, -0.25) is 9.59 Å². The lowest BCUT2D eigenvalue weighted by Crippen LogP contribution is -2.15. The number of thiophene rings is 1. The quantitative estimate of drug-likeness (QED) is 0.318. The maximum atomic E-state index is 12.6. The summed E-state index contributed by atoms with van der Waals surface area (Å²) in [7, 11) is 0. The second-order valence-corrected chi connectivity index (χ2v) is 9.56. The van der Waals surface area contributed by atoms with Crippen LogP contribution in [0.3, 0.4) is 0 Å². The van der Waals surface area contributed by atoms with Crippen LogP contribution in [0.2, 0.25) is 0 Å². The number of aromatic nitrogens is 2. The van der Waals surface area contributed by atoms with Gasteiger partial charge in [0, 0.05) is 44.3 Å². The van der Waals surface area contributed by atoms with Crippen LogP contribution in [-0.2, 0) is 29.0 Å². The molecule has 0 saturated carbocycles. The second-order valence-electron chi connectivity index (χ2n) is 7.67. The zero-order chi connectivity index (χ0) is 22.8. The fourth-order valence-corrected chi connectivity index (χ4v) is 5.45. The van der Waals surface area contributed by atoms with E-state index in [1.807, 2.05) is 41.8 Å².